The van der Waals surface area contributed by atoms with E-state index in [1.165, 1.54) is 5.56 Å². The molecule has 0 N–H and O–H groups in total. The van der Waals surface area contributed by atoms with Gasteiger partial charge in [0.15, 0.2) is 0 Å². The van der Waals surface area contributed by atoms with Crippen molar-refractivity contribution in [3.63, 3.8) is 0 Å². The Kier molecular flexibility index (Phi) is 6.40. The summed E-state index contributed by atoms with van der Waals surface area (Å²) in [6.07, 6.45) is 2.28. The number of nitrogens with zero attached hydrogens (tertiary/aromatic N) is 1. The third kappa shape index (κ3) is 5.48. The van der Waals surface area contributed by atoms with Gasteiger partial charge in [0.25, 0.3) is 0 Å². The fourth-order valence-corrected chi connectivity index (χ4v) is 2.74. The van der Waals surface area contributed by atoms with Crippen molar-refractivity contribution in [3.05, 3.63) is 45.9 Å². The quantitative estimate of drug-likeness (QED) is 0.692. The molecule has 0 bridgehead atoms. The van der Waals surface area contributed by atoms with E-state index in [2.05, 4.69) is 11.9 Å². The zero-order valence-corrected chi connectivity index (χ0v) is 13.8. The SMILES string of the molecule is CCCc1nc(COC(=O)CCOc2ccc(C)cc2)cs1. The van der Waals surface area contributed by atoms with Crippen LogP contribution >= 0.6 is 11.3 Å². The largest absolute Gasteiger partial charge is 0.493 e. The Morgan fingerprint density at radius 1 is 1.27 bits per heavy atom. The molecule has 0 aliphatic heterocycles. The van der Waals surface area contributed by atoms with Crippen LogP contribution in [0.1, 0.15) is 36.0 Å². The normalized spacial score (nSPS) is 10.5. The Balaban J connectivity index is 1.66. The molecule has 4 nitrogen and oxygen atoms in total. The number of rotatable bonds is 8. The summed E-state index contributed by atoms with van der Waals surface area (Å²) < 4.78 is 10.7. The van der Waals surface area contributed by atoms with Crippen LogP contribution in [0.2, 0.25) is 0 Å². The summed E-state index contributed by atoms with van der Waals surface area (Å²) in [4.78, 5) is 16.1. The number of hydrogen-bond acceptors (Lipinski definition) is 5. The molecule has 0 radical (unpaired) electrons. The van der Waals surface area contributed by atoms with Crippen LogP contribution in [0.5, 0.6) is 5.75 Å². The van der Waals surface area contributed by atoms with Gasteiger partial charge in [-0.05, 0) is 31.9 Å². The lowest BCUT2D eigenvalue weighted by Crippen LogP contribution is -2.10. The summed E-state index contributed by atoms with van der Waals surface area (Å²) >= 11 is 1.61. The van der Waals surface area contributed by atoms with Crippen LogP contribution < -0.4 is 4.74 Å². The molecule has 0 atom stereocenters. The van der Waals surface area contributed by atoms with Gasteiger partial charge >= 0.3 is 5.97 Å². The van der Waals surface area contributed by atoms with Crippen LogP contribution in [0.3, 0.4) is 0 Å². The summed E-state index contributed by atoms with van der Waals surface area (Å²) in [7, 11) is 0. The molecule has 2 aromatic rings. The monoisotopic (exact) mass is 319 g/mol. The molecule has 118 valence electrons. The molecule has 0 amide bonds. The van der Waals surface area contributed by atoms with E-state index in [9.17, 15) is 4.79 Å². The van der Waals surface area contributed by atoms with Crippen molar-refractivity contribution < 1.29 is 14.3 Å². The van der Waals surface area contributed by atoms with E-state index < -0.39 is 0 Å². The van der Waals surface area contributed by atoms with Gasteiger partial charge in [-0.1, -0.05) is 24.6 Å². The lowest BCUT2D eigenvalue weighted by Gasteiger charge is -2.06. The second-order valence-electron chi connectivity index (χ2n) is 5.05. The van der Waals surface area contributed by atoms with Gasteiger partial charge in [0.05, 0.1) is 23.7 Å². The van der Waals surface area contributed by atoms with Gasteiger partial charge in [-0.3, -0.25) is 4.79 Å². The zero-order valence-electron chi connectivity index (χ0n) is 13.0. The van der Waals surface area contributed by atoms with Crippen molar-refractivity contribution in [2.45, 2.75) is 39.7 Å². The molecule has 0 unspecified atom stereocenters. The maximum atomic E-state index is 11.7. The first-order valence-electron chi connectivity index (χ1n) is 7.45. The lowest BCUT2D eigenvalue weighted by atomic mass is 10.2. The number of hydrogen-bond donors (Lipinski definition) is 0. The number of aromatic nitrogens is 1. The standard InChI is InChI=1S/C17H21NO3S/c1-3-4-16-18-14(12-22-16)11-21-17(19)9-10-20-15-7-5-13(2)6-8-15/h5-8,12H,3-4,9-11H2,1-2H3. The van der Waals surface area contributed by atoms with E-state index in [-0.39, 0.29) is 19.0 Å². The van der Waals surface area contributed by atoms with Gasteiger partial charge in [0.1, 0.15) is 12.4 Å². The van der Waals surface area contributed by atoms with Crippen molar-refractivity contribution in [2.75, 3.05) is 6.61 Å². The molecule has 0 aliphatic rings. The third-order valence-electron chi connectivity index (χ3n) is 3.04. The average molecular weight is 319 g/mol. The number of esters is 1. The minimum Gasteiger partial charge on any atom is -0.493 e. The van der Waals surface area contributed by atoms with Crippen LogP contribution in [0.4, 0.5) is 0 Å². The molecule has 0 aliphatic carbocycles. The van der Waals surface area contributed by atoms with Crippen LogP contribution in [0, 0.1) is 6.92 Å². The molecule has 1 aromatic heterocycles. The van der Waals surface area contributed by atoms with Crippen LogP contribution in [0.15, 0.2) is 29.6 Å². The van der Waals surface area contributed by atoms with Gasteiger partial charge < -0.3 is 9.47 Å². The molecule has 0 spiro atoms. The Morgan fingerprint density at radius 2 is 2.05 bits per heavy atom. The first-order chi connectivity index (χ1) is 10.7. The first kappa shape index (κ1) is 16.5. The fraction of sp³-hybridized carbons (Fsp3) is 0.412. The van der Waals surface area contributed by atoms with Crippen LogP contribution in [0.25, 0.3) is 0 Å². The summed E-state index contributed by atoms with van der Waals surface area (Å²) in [6.45, 7) is 4.70. The molecular formula is C17H21NO3S. The van der Waals surface area contributed by atoms with E-state index in [0.717, 1.165) is 29.3 Å². The Morgan fingerprint density at radius 3 is 2.77 bits per heavy atom. The minimum atomic E-state index is -0.267. The first-order valence-corrected chi connectivity index (χ1v) is 8.33. The highest BCUT2D eigenvalue weighted by Gasteiger charge is 2.07. The molecule has 0 fully saturated rings. The second kappa shape index (κ2) is 8.54. The summed E-state index contributed by atoms with van der Waals surface area (Å²) in [6, 6.07) is 7.74. The number of carbonyl (C=O) groups excluding carboxylic acids is 1. The van der Waals surface area contributed by atoms with Gasteiger partial charge in [0, 0.05) is 5.38 Å². The lowest BCUT2D eigenvalue weighted by molar-refractivity contribution is -0.145. The number of benzene rings is 1. The van der Waals surface area contributed by atoms with E-state index in [1.807, 2.05) is 36.6 Å². The van der Waals surface area contributed by atoms with Gasteiger partial charge in [0.2, 0.25) is 0 Å². The van der Waals surface area contributed by atoms with Gasteiger partial charge in [-0.25, -0.2) is 4.98 Å². The second-order valence-corrected chi connectivity index (χ2v) is 6.00. The van der Waals surface area contributed by atoms with E-state index >= 15 is 0 Å². The number of ether oxygens (including phenoxy) is 2. The van der Waals surface area contributed by atoms with Crippen LogP contribution in [-0.2, 0) is 22.6 Å². The predicted octanol–water partition coefficient (Wildman–Crippen LogP) is 3.92. The smallest absolute Gasteiger partial charge is 0.309 e. The summed E-state index contributed by atoms with van der Waals surface area (Å²) in [5.41, 5.74) is 2.00. The van der Waals surface area contributed by atoms with Crippen LogP contribution in [-0.4, -0.2) is 17.6 Å². The molecule has 1 heterocycles. The molecule has 0 saturated heterocycles. The highest BCUT2D eigenvalue weighted by Crippen LogP contribution is 2.13. The van der Waals surface area contributed by atoms with Crippen molar-refractivity contribution in [2.24, 2.45) is 0 Å². The highest BCUT2D eigenvalue weighted by atomic mass is 32.1. The van der Waals surface area contributed by atoms with E-state index in [0.29, 0.717) is 6.61 Å². The maximum absolute atomic E-state index is 11.7. The molecular weight excluding hydrogens is 298 g/mol. The van der Waals surface area contributed by atoms with Crippen molar-refractivity contribution in [3.8, 4) is 5.75 Å². The van der Waals surface area contributed by atoms with Gasteiger partial charge in [-0.2, -0.15) is 0 Å². The Hall–Kier alpha value is -1.88. The molecule has 0 saturated carbocycles. The summed E-state index contributed by atoms with van der Waals surface area (Å²) in [5.74, 6) is 0.499. The average Bonchev–Trinajstić information content (AvgIpc) is 2.95. The van der Waals surface area contributed by atoms with E-state index in [1.54, 1.807) is 11.3 Å². The topological polar surface area (TPSA) is 48.4 Å². The fourth-order valence-electron chi connectivity index (χ4n) is 1.86. The maximum Gasteiger partial charge on any atom is 0.309 e. The Bertz CT molecular complexity index is 592. The Labute approximate surface area is 135 Å². The van der Waals surface area contributed by atoms with E-state index in [4.69, 9.17) is 9.47 Å². The molecule has 1 aromatic carbocycles. The third-order valence-corrected chi connectivity index (χ3v) is 4.00. The highest BCUT2D eigenvalue weighted by molar-refractivity contribution is 7.09. The number of carbonyl (C=O) groups is 1. The predicted molar refractivity (Wildman–Crippen MR) is 87.2 cm³/mol. The molecule has 22 heavy (non-hydrogen) atoms. The number of thiazole rings is 1. The van der Waals surface area contributed by atoms with Crippen molar-refractivity contribution in [1.29, 1.82) is 0 Å². The summed E-state index contributed by atoms with van der Waals surface area (Å²) in [5, 5.41) is 3.04. The van der Waals surface area contributed by atoms with Crippen molar-refractivity contribution >= 4 is 17.3 Å². The molecule has 2 rings (SSSR count). The number of aryl methyl sites for hydroxylation is 2. The zero-order chi connectivity index (χ0) is 15.8. The molecule has 5 heteroatoms. The minimum absolute atomic E-state index is 0.236. The van der Waals surface area contributed by atoms with Crippen molar-refractivity contribution in [1.82, 2.24) is 4.98 Å². The van der Waals surface area contributed by atoms with Gasteiger partial charge in [-0.15, -0.1) is 11.3 Å².